The van der Waals surface area contributed by atoms with Gasteiger partial charge < -0.3 is 0 Å². The minimum Gasteiger partial charge on any atom is -0.258 e. The third-order valence-corrected chi connectivity index (χ3v) is 2.57. The minimum atomic E-state index is -0.602. The molecule has 0 aliphatic rings. The third-order valence-electron chi connectivity index (χ3n) is 1.68. The average Bonchev–Trinajstić information content (AvgIpc) is 2.09. The molecule has 0 aliphatic heterocycles. The molecule has 0 saturated heterocycles. The number of nitrogens with zero attached hydrogens (tertiary/aromatic N) is 1. The molecule has 70 valence electrons. The smallest absolute Gasteiger partial charge is 0.258 e. The maximum atomic E-state index is 13.0. The summed E-state index contributed by atoms with van der Waals surface area (Å²) in [6.07, 6.45) is 0.555. The zero-order chi connectivity index (χ0) is 10.0. The second kappa shape index (κ2) is 3.83. The first-order valence-electron chi connectivity index (χ1n) is 3.68. The van der Waals surface area contributed by atoms with Gasteiger partial charge in [0.25, 0.3) is 5.69 Å². The van der Waals surface area contributed by atoms with E-state index >= 15 is 0 Å². The third kappa shape index (κ3) is 2.03. The summed E-state index contributed by atoms with van der Waals surface area (Å²) in [6.45, 7) is 1.81. The van der Waals surface area contributed by atoms with E-state index in [0.29, 0.717) is 16.5 Å². The standard InChI is InChI=1S/C8H7BrFNO2/c1-2-5-3-6(11(12)13)4-7(10)8(5)9/h3-4H,2H2,1H3. The predicted octanol–water partition coefficient (Wildman–Crippen LogP) is 3.06. The number of non-ortho nitro benzene ring substituents is 1. The zero-order valence-electron chi connectivity index (χ0n) is 6.88. The van der Waals surface area contributed by atoms with Gasteiger partial charge >= 0.3 is 0 Å². The summed E-state index contributed by atoms with van der Waals surface area (Å²) in [5.74, 6) is -0.592. The van der Waals surface area contributed by atoms with Crippen LogP contribution in [0.3, 0.4) is 0 Å². The highest BCUT2D eigenvalue weighted by Crippen LogP contribution is 2.26. The quantitative estimate of drug-likeness (QED) is 0.596. The van der Waals surface area contributed by atoms with Gasteiger partial charge in [-0.15, -0.1) is 0 Å². The lowest BCUT2D eigenvalue weighted by molar-refractivity contribution is -0.385. The van der Waals surface area contributed by atoms with Crippen molar-refractivity contribution in [1.29, 1.82) is 0 Å². The molecule has 1 aromatic carbocycles. The van der Waals surface area contributed by atoms with E-state index in [0.717, 1.165) is 6.07 Å². The molecular formula is C8H7BrFNO2. The Bertz CT molecular complexity index is 354. The Morgan fingerprint density at radius 1 is 1.62 bits per heavy atom. The van der Waals surface area contributed by atoms with Gasteiger partial charge in [0.2, 0.25) is 0 Å². The van der Waals surface area contributed by atoms with E-state index in [1.54, 1.807) is 0 Å². The molecule has 0 aliphatic carbocycles. The summed E-state index contributed by atoms with van der Waals surface area (Å²) in [4.78, 5) is 9.75. The zero-order valence-corrected chi connectivity index (χ0v) is 8.47. The van der Waals surface area contributed by atoms with Crippen LogP contribution in [0.25, 0.3) is 0 Å². The van der Waals surface area contributed by atoms with Crippen molar-refractivity contribution in [3.63, 3.8) is 0 Å². The molecule has 13 heavy (non-hydrogen) atoms. The molecule has 0 amide bonds. The summed E-state index contributed by atoms with van der Waals surface area (Å²) in [5, 5.41) is 10.4. The van der Waals surface area contributed by atoms with Crippen LogP contribution in [0.2, 0.25) is 0 Å². The Morgan fingerprint density at radius 2 is 2.23 bits per heavy atom. The molecule has 1 aromatic rings. The Morgan fingerprint density at radius 3 is 2.69 bits per heavy atom. The van der Waals surface area contributed by atoms with Crippen LogP contribution >= 0.6 is 15.9 Å². The second-order valence-electron chi connectivity index (χ2n) is 2.51. The first-order chi connectivity index (χ1) is 6.06. The van der Waals surface area contributed by atoms with Crippen LogP contribution < -0.4 is 0 Å². The van der Waals surface area contributed by atoms with Crippen molar-refractivity contribution < 1.29 is 9.31 Å². The fraction of sp³-hybridized carbons (Fsp3) is 0.250. The van der Waals surface area contributed by atoms with Crippen LogP contribution in [0.4, 0.5) is 10.1 Å². The number of benzene rings is 1. The van der Waals surface area contributed by atoms with Crippen molar-refractivity contribution in [2.75, 3.05) is 0 Å². The molecule has 1 rings (SSSR count). The minimum absolute atomic E-state index is 0.211. The van der Waals surface area contributed by atoms with Crippen molar-refractivity contribution >= 4 is 21.6 Å². The molecule has 0 heterocycles. The Kier molecular flexibility index (Phi) is 2.98. The molecule has 0 unspecified atom stereocenters. The normalized spacial score (nSPS) is 10.1. The van der Waals surface area contributed by atoms with Crippen LogP contribution in [0, 0.1) is 15.9 Å². The monoisotopic (exact) mass is 247 g/mol. The second-order valence-corrected chi connectivity index (χ2v) is 3.30. The molecule has 0 saturated carbocycles. The average molecular weight is 248 g/mol. The topological polar surface area (TPSA) is 43.1 Å². The van der Waals surface area contributed by atoms with Crippen molar-refractivity contribution in [2.45, 2.75) is 13.3 Å². The number of hydrogen-bond acceptors (Lipinski definition) is 2. The molecule has 0 atom stereocenters. The molecule has 5 heteroatoms. The molecule has 0 radical (unpaired) electrons. The van der Waals surface area contributed by atoms with Crippen molar-refractivity contribution in [3.05, 3.63) is 38.1 Å². The number of nitro benzene ring substituents is 1. The largest absolute Gasteiger partial charge is 0.272 e. The lowest BCUT2D eigenvalue weighted by Crippen LogP contribution is -1.93. The Labute approximate surface area is 82.8 Å². The van der Waals surface area contributed by atoms with Crippen LogP contribution in [-0.2, 0) is 6.42 Å². The van der Waals surface area contributed by atoms with E-state index in [1.807, 2.05) is 6.92 Å². The van der Waals surface area contributed by atoms with Crippen LogP contribution in [0.15, 0.2) is 16.6 Å². The lowest BCUT2D eigenvalue weighted by atomic mass is 10.1. The van der Waals surface area contributed by atoms with E-state index in [9.17, 15) is 14.5 Å². The summed E-state index contributed by atoms with van der Waals surface area (Å²) in [6, 6.07) is 2.27. The van der Waals surface area contributed by atoms with Crippen LogP contribution in [0.1, 0.15) is 12.5 Å². The van der Waals surface area contributed by atoms with E-state index in [-0.39, 0.29) is 5.69 Å². The van der Waals surface area contributed by atoms with Gasteiger partial charge in [0.1, 0.15) is 5.82 Å². The number of halogens is 2. The van der Waals surface area contributed by atoms with Gasteiger partial charge in [-0.1, -0.05) is 6.92 Å². The maximum absolute atomic E-state index is 13.0. The molecule has 0 aromatic heterocycles. The van der Waals surface area contributed by atoms with Gasteiger partial charge in [0.15, 0.2) is 0 Å². The number of aryl methyl sites for hydroxylation is 1. The SMILES string of the molecule is CCc1cc([N+](=O)[O-])cc(F)c1Br. The fourth-order valence-corrected chi connectivity index (χ4v) is 1.50. The van der Waals surface area contributed by atoms with E-state index in [4.69, 9.17) is 0 Å². The van der Waals surface area contributed by atoms with E-state index in [1.165, 1.54) is 6.07 Å². The fourth-order valence-electron chi connectivity index (χ4n) is 0.993. The predicted molar refractivity (Wildman–Crippen MR) is 50.1 cm³/mol. The van der Waals surface area contributed by atoms with Crippen molar-refractivity contribution in [1.82, 2.24) is 0 Å². The molecule has 3 nitrogen and oxygen atoms in total. The van der Waals surface area contributed by atoms with E-state index < -0.39 is 10.7 Å². The molecular weight excluding hydrogens is 241 g/mol. The van der Waals surface area contributed by atoms with Gasteiger partial charge in [-0.2, -0.15) is 0 Å². The van der Waals surface area contributed by atoms with Crippen molar-refractivity contribution in [2.24, 2.45) is 0 Å². The summed E-state index contributed by atoms with van der Waals surface area (Å²) in [7, 11) is 0. The van der Waals surface area contributed by atoms with Gasteiger partial charge in [-0.3, -0.25) is 10.1 Å². The highest BCUT2D eigenvalue weighted by Gasteiger charge is 2.13. The molecule has 0 spiro atoms. The molecule has 0 fully saturated rings. The summed E-state index contributed by atoms with van der Waals surface area (Å²) < 4.78 is 13.3. The van der Waals surface area contributed by atoms with Gasteiger partial charge in [-0.05, 0) is 27.9 Å². The number of rotatable bonds is 2. The summed E-state index contributed by atoms with van der Waals surface area (Å²) >= 11 is 3.03. The van der Waals surface area contributed by atoms with Crippen LogP contribution in [0.5, 0.6) is 0 Å². The number of nitro groups is 1. The first kappa shape index (κ1) is 10.1. The molecule has 0 bridgehead atoms. The highest BCUT2D eigenvalue weighted by molar-refractivity contribution is 9.10. The van der Waals surface area contributed by atoms with Gasteiger partial charge in [0.05, 0.1) is 15.5 Å². The van der Waals surface area contributed by atoms with Crippen molar-refractivity contribution in [3.8, 4) is 0 Å². The molecule has 0 N–H and O–H groups in total. The first-order valence-corrected chi connectivity index (χ1v) is 4.48. The van der Waals surface area contributed by atoms with Crippen LogP contribution in [-0.4, -0.2) is 4.92 Å². The number of hydrogen-bond donors (Lipinski definition) is 0. The highest BCUT2D eigenvalue weighted by atomic mass is 79.9. The van der Waals surface area contributed by atoms with Gasteiger partial charge in [0, 0.05) is 6.07 Å². The Balaban J connectivity index is 3.30. The lowest BCUT2D eigenvalue weighted by Gasteiger charge is -2.01. The summed E-state index contributed by atoms with van der Waals surface area (Å²) in [5.41, 5.74) is 0.393. The Hall–Kier alpha value is -0.970. The maximum Gasteiger partial charge on any atom is 0.272 e. The van der Waals surface area contributed by atoms with E-state index in [2.05, 4.69) is 15.9 Å². The van der Waals surface area contributed by atoms with Gasteiger partial charge in [-0.25, -0.2) is 4.39 Å².